The summed E-state index contributed by atoms with van der Waals surface area (Å²) < 4.78 is 49.5. The van der Waals surface area contributed by atoms with E-state index in [0.29, 0.717) is 35.7 Å². The summed E-state index contributed by atoms with van der Waals surface area (Å²) in [6, 6.07) is 20.4. The second-order valence-corrected chi connectivity index (χ2v) is 9.28. The van der Waals surface area contributed by atoms with Crippen LogP contribution in [-0.4, -0.2) is 28.4 Å². The van der Waals surface area contributed by atoms with Crippen molar-refractivity contribution in [2.24, 2.45) is 0 Å². The van der Waals surface area contributed by atoms with E-state index in [1.165, 1.54) is 31.4 Å². The van der Waals surface area contributed by atoms with E-state index in [-0.39, 0.29) is 18.3 Å². The molecule has 0 fully saturated rings. The Morgan fingerprint density at radius 3 is 2.38 bits per heavy atom. The average Bonchev–Trinajstić information content (AvgIpc) is 3.26. The van der Waals surface area contributed by atoms with Gasteiger partial charge in [-0.25, -0.2) is 4.98 Å². The number of aromatic nitrogens is 2. The van der Waals surface area contributed by atoms with Crippen molar-refractivity contribution < 1.29 is 27.4 Å². The van der Waals surface area contributed by atoms with Gasteiger partial charge in [0.1, 0.15) is 23.9 Å². The quantitative estimate of drug-likeness (QED) is 0.182. The largest absolute Gasteiger partial charge is 0.573 e. The molecule has 6 nitrogen and oxygen atoms in total. The lowest BCUT2D eigenvalue weighted by atomic mass is 10.1. The molecule has 4 rings (SSSR count). The molecule has 1 amide bonds. The van der Waals surface area contributed by atoms with Gasteiger partial charge in [-0.2, -0.15) is 0 Å². The van der Waals surface area contributed by atoms with Gasteiger partial charge in [-0.1, -0.05) is 62.9 Å². The van der Waals surface area contributed by atoms with Gasteiger partial charge in [0.2, 0.25) is 0 Å². The van der Waals surface area contributed by atoms with Crippen molar-refractivity contribution in [2.45, 2.75) is 58.5 Å². The van der Waals surface area contributed by atoms with E-state index in [9.17, 15) is 18.0 Å². The fourth-order valence-electron chi connectivity index (χ4n) is 4.28. The van der Waals surface area contributed by atoms with Gasteiger partial charge in [0.05, 0.1) is 11.0 Å². The normalized spacial score (nSPS) is 11.5. The highest BCUT2D eigenvalue weighted by Gasteiger charge is 2.31. The summed E-state index contributed by atoms with van der Waals surface area (Å²) in [5.74, 6) is 0.876. The molecule has 1 heterocycles. The van der Waals surface area contributed by atoms with Crippen LogP contribution in [0.5, 0.6) is 11.5 Å². The first-order chi connectivity index (χ1) is 18.8. The summed E-state index contributed by atoms with van der Waals surface area (Å²) in [6.45, 7) is 3.31. The molecule has 0 spiro atoms. The van der Waals surface area contributed by atoms with Crippen LogP contribution in [0.3, 0.4) is 0 Å². The highest BCUT2D eigenvalue weighted by Crippen LogP contribution is 2.25. The molecule has 0 atom stereocenters. The first kappa shape index (κ1) is 28.0. The number of nitrogens with one attached hydrogen (secondary N) is 1. The summed E-state index contributed by atoms with van der Waals surface area (Å²) >= 11 is 0. The lowest BCUT2D eigenvalue weighted by Gasteiger charge is -2.12. The van der Waals surface area contributed by atoms with Gasteiger partial charge >= 0.3 is 6.36 Å². The smallest absolute Gasteiger partial charge is 0.486 e. The van der Waals surface area contributed by atoms with Crippen LogP contribution >= 0.6 is 0 Å². The van der Waals surface area contributed by atoms with Gasteiger partial charge in [-0.05, 0) is 54.4 Å². The Morgan fingerprint density at radius 1 is 0.923 bits per heavy atom. The lowest BCUT2D eigenvalue weighted by molar-refractivity contribution is -0.274. The number of imidazole rings is 1. The molecular formula is C30H32F3N3O3. The van der Waals surface area contributed by atoms with E-state index in [4.69, 9.17) is 9.72 Å². The third kappa shape index (κ3) is 8.24. The number of benzene rings is 3. The second kappa shape index (κ2) is 13.2. The minimum Gasteiger partial charge on any atom is -0.486 e. The van der Waals surface area contributed by atoms with E-state index >= 15 is 0 Å². The van der Waals surface area contributed by atoms with Crippen molar-refractivity contribution in [1.82, 2.24) is 14.9 Å². The van der Waals surface area contributed by atoms with E-state index in [0.717, 1.165) is 23.9 Å². The van der Waals surface area contributed by atoms with Crippen molar-refractivity contribution in [3.8, 4) is 11.5 Å². The highest BCUT2D eigenvalue weighted by atomic mass is 19.4. The predicted molar refractivity (Wildman–Crippen MR) is 144 cm³/mol. The topological polar surface area (TPSA) is 65.4 Å². The number of carbonyl (C=O) groups excluding carboxylic acids is 1. The van der Waals surface area contributed by atoms with Crippen LogP contribution in [0.2, 0.25) is 0 Å². The maximum absolute atomic E-state index is 12.7. The number of hydrogen-bond donors (Lipinski definition) is 1. The molecule has 39 heavy (non-hydrogen) atoms. The zero-order valence-corrected chi connectivity index (χ0v) is 21.8. The fraction of sp³-hybridized carbons (Fsp3) is 0.333. The summed E-state index contributed by atoms with van der Waals surface area (Å²) in [6.07, 6.45) is 0.830. The first-order valence-corrected chi connectivity index (χ1v) is 13.1. The molecule has 9 heteroatoms. The Bertz CT molecular complexity index is 1350. The number of halogens is 3. The van der Waals surface area contributed by atoms with Crippen molar-refractivity contribution in [1.29, 1.82) is 0 Å². The number of ether oxygens (including phenoxy) is 2. The van der Waals surface area contributed by atoms with Gasteiger partial charge in [0.25, 0.3) is 5.91 Å². The van der Waals surface area contributed by atoms with Crippen LogP contribution < -0.4 is 14.8 Å². The van der Waals surface area contributed by atoms with Crippen LogP contribution in [0.25, 0.3) is 11.0 Å². The standard InChI is InChI=1S/C30H32F3N3O3/c1-2-3-4-5-9-18-34-29(37)23-14-17-27-26(19-23)35-28(21-38-24-10-7-6-8-11-24)36(27)20-22-12-15-25(16-13-22)39-30(31,32)33/h6-8,10-17,19H,2-5,9,18,20-21H2,1H3,(H,34,37). The van der Waals surface area contributed by atoms with E-state index in [2.05, 4.69) is 17.0 Å². The molecule has 206 valence electrons. The SMILES string of the molecule is CCCCCCCNC(=O)c1ccc2c(c1)nc(COc1ccccc1)n2Cc1ccc(OC(F)(F)F)cc1. The van der Waals surface area contributed by atoms with Crippen LogP contribution in [0.1, 0.15) is 60.8 Å². The monoisotopic (exact) mass is 539 g/mol. The molecular weight excluding hydrogens is 507 g/mol. The molecule has 1 aromatic heterocycles. The van der Waals surface area contributed by atoms with E-state index in [1.54, 1.807) is 24.3 Å². The van der Waals surface area contributed by atoms with Gasteiger partial charge in [-0.3, -0.25) is 4.79 Å². The number of alkyl halides is 3. The Balaban J connectivity index is 1.53. The summed E-state index contributed by atoms with van der Waals surface area (Å²) in [5, 5.41) is 2.98. The zero-order valence-electron chi connectivity index (χ0n) is 21.8. The Morgan fingerprint density at radius 2 is 1.67 bits per heavy atom. The molecule has 0 saturated heterocycles. The first-order valence-electron chi connectivity index (χ1n) is 13.1. The van der Waals surface area contributed by atoms with Crippen molar-refractivity contribution in [3.05, 3.63) is 89.7 Å². The molecule has 0 aliphatic rings. The lowest BCUT2D eigenvalue weighted by Crippen LogP contribution is -2.24. The third-order valence-electron chi connectivity index (χ3n) is 6.26. The number of carbonyl (C=O) groups is 1. The summed E-state index contributed by atoms with van der Waals surface area (Å²) in [5.41, 5.74) is 2.70. The number of amides is 1. The van der Waals surface area contributed by atoms with E-state index in [1.807, 2.05) is 41.0 Å². The minimum atomic E-state index is -4.75. The predicted octanol–water partition coefficient (Wildman–Crippen LogP) is 7.26. The van der Waals surface area contributed by atoms with Crippen molar-refractivity contribution >= 4 is 16.9 Å². The molecule has 0 aliphatic carbocycles. The Kier molecular flexibility index (Phi) is 9.46. The summed E-state index contributed by atoms with van der Waals surface area (Å²) in [7, 11) is 0. The van der Waals surface area contributed by atoms with Crippen LogP contribution in [-0.2, 0) is 13.2 Å². The molecule has 3 aromatic carbocycles. The molecule has 0 saturated carbocycles. The maximum atomic E-state index is 12.7. The number of rotatable bonds is 13. The van der Waals surface area contributed by atoms with Crippen molar-refractivity contribution in [3.63, 3.8) is 0 Å². The Hall–Kier alpha value is -4.01. The number of unbranched alkanes of at least 4 members (excludes halogenated alkanes) is 4. The van der Waals surface area contributed by atoms with Gasteiger partial charge in [-0.15, -0.1) is 13.2 Å². The van der Waals surface area contributed by atoms with Crippen molar-refractivity contribution in [2.75, 3.05) is 6.54 Å². The maximum Gasteiger partial charge on any atom is 0.573 e. The summed E-state index contributed by atoms with van der Waals surface area (Å²) in [4.78, 5) is 17.5. The zero-order chi connectivity index (χ0) is 27.7. The van der Waals surface area contributed by atoms with Gasteiger partial charge in [0.15, 0.2) is 0 Å². The van der Waals surface area contributed by atoms with Crippen LogP contribution in [0.4, 0.5) is 13.2 Å². The number of para-hydroxylation sites is 1. The van der Waals surface area contributed by atoms with Crippen LogP contribution in [0, 0.1) is 0 Å². The minimum absolute atomic E-state index is 0.149. The number of fused-ring (bicyclic) bond motifs is 1. The van der Waals surface area contributed by atoms with Gasteiger partial charge in [0, 0.05) is 18.7 Å². The second-order valence-electron chi connectivity index (χ2n) is 9.28. The van der Waals surface area contributed by atoms with E-state index < -0.39 is 6.36 Å². The third-order valence-corrected chi connectivity index (χ3v) is 6.26. The molecule has 0 radical (unpaired) electrons. The molecule has 4 aromatic rings. The molecule has 0 bridgehead atoms. The molecule has 0 aliphatic heterocycles. The van der Waals surface area contributed by atoms with Crippen LogP contribution in [0.15, 0.2) is 72.8 Å². The molecule has 1 N–H and O–H groups in total. The average molecular weight is 540 g/mol. The number of nitrogens with zero attached hydrogens (tertiary/aromatic N) is 2. The fourth-order valence-corrected chi connectivity index (χ4v) is 4.28. The number of hydrogen-bond acceptors (Lipinski definition) is 4. The Labute approximate surface area is 225 Å². The van der Waals surface area contributed by atoms with Gasteiger partial charge < -0.3 is 19.4 Å². The highest BCUT2D eigenvalue weighted by molar-refractivity contribution is 5.97. The molecule has 0 unspecified atom stereocenters.